The molecule has 0 radical (unpaired) electrons. The van der Waals surface area contributed by atoms with Crippen molar-refractivity contribution in [3.63, 3.8) is 0 Å². The lowest BCUT2D eigenvalue weighted by atomic mass is 10.2. The maximum Gasteiger partial charge on any atom is 0.273 e. The van der Waals surface area contributed by atoms with Crippen LogP contribution in [0.3, 0.4) is 0 Å². The molecule has 0 heterocycles. The van der Waals surface area contributed by atoms with Gasteiger partial charge in [-0.2, -0.15) is 0 Å². The van der Waals surface area contributed by atoms with Crippen molar-refractivity contribution in [1.29, 1.82) is 0 Å². The molecule has 0 bridgehead atoms. The van der Waals surface area contributed by atoms with Gasteiger partial charge in [-0.25, -0.2) is 0 Å². The zero-order valence-corrected chi connectivity index (χ0v) is 10.9. The molecule has 0 spiro atoms. The van der Waals surface area contributed by atoms with Crippen molar-refractivity contribution in [2.24, 2.45) is 0 Å². The van der Waals surface area contributed by atoms with E-state index in [4.69, 9.17) is 4.74 Å². The first-order chi connectivity index (χ1) is 7.54. The normalized spacial score (nSPS) is 12.2. The minimum atomic E-state index is -0.427. The molecule has 0 saturated carbocycles. The summed E-state index contributed by atoms with van der Waals surface area (Å²) in [5, 5.41) is 10.6. The van der Waals surface area contributed by atoms with Crippen molar-refractivity contribution in [2.75, 3.05) is 0 Å². The van der Waals surface area contributed by atoms with Gasteiger partial charge in [0.1, 0.15) is 5.75 Å². The van der Waals surface area contributed by atoms with E-state index in [-0.39, 0.29) is 11.8 Å². The van der Waals surface area contributed by atoms with Crippen LogP contribution in [0.15, 0.2) is 22.7 Å². The summed E-state index contributed by atoms with van der Waals surface area (Å²) in [7, 11) is 0. The molecule has 5 heteroatoms. The lowest BCUT2D eigenvalue weighted by Gasteiger charge is -2.14. The standard InChI is InChI=1S/C11H14BrNO3/c1-3-4-8(2)16-11-7-9(13(14)15)5-6-10(11)12/h5-8H,3-4H2,1-2H3. The molecule has 0 aliphatic carbocycles. The van der Waals surface area contributed by atoms with Crippen molar-refractivity contribution in [1.82, 2.24) is 0 Å². The molecule has 0 amide bonds. The Balaban J connectivity index is 2.85. The predicted octanol–water partition coefficient (Wildman–Crippen LogP) is 3.92. The van der Waals surface area contributed by atoms with Crippen LogP contribution in [-0.2, 0) is 0 Å². The Hall–Kier alpha value is -1.10. The van der Waals surface area contributed by atoms with Gasteiger partial charge in [0, 0.05) is 6.07 Å². The van der Waals surface area contributed by atoms with E-state index in [0.717, 1.165) is 17.3 Å². The van der Waals surface area contributed by atoms with Gasteiger partial charge in [-0.1, -0.05) is 13.3 Å². The quantitative estimate of drug-likeness (QED) is 0.609. The smallest absolute Gasteiger partial charge is 0.273 e. The van der Waals surface area contributed by atoms with Gasteiger partial charge in [0.2, 0.25) is 0 Å². The fraction of sp³-hybridized carbons (Fsp3) is 0.455. The Bertz CT molecular complexity index is 381. The van der Waals surface area contributed by atoms with Crippen molar-refractivity contribution in [3.05, 3.63) is 32.8 Å². The molecule has 88 valence electrons. The third-order valence-electron chi connectivity index (χ3n) is 2.15. The second-order valence-electron chi connectivity index (χ2n) is 3.59. The highest BCUT2D eigenvalue weighted by molar-refractivity contribution is 9.10. The molecule has 1 unspecified atom stereocenters. The van der Waals surface area contributed by atoms with Gasteiger partial charge in [-0.05, 0) is 35.3 Å². The Morgan fingerprint density at radius 3 is 2.81 bits per heavy atom. The van der Waals surface area contributed by atoms with Crippen molar-refractivity contribution in [3.8, 4) is 5.75 Å². The molecule has 1 aromatic rings. The largest absolute Gasteiger partial charge is 0.489 e. The van der Waals surface area contributed by atoms with E-state index < -0.39 is 4.92 Å². The second kappa shape index (κ2) is 5.84. The summed E-state index contributed by atoms with van der Waals surface area (Å²) in [6.07, 6.45) is 2.01. The number of hydrogen-bond donors (Lipinski definition) is 0. The molecular formula is C11H14BrNO3. The Morgan fingerprint density at radius 2 is 2.25 bits per heavy atom. The van der Waals surface area contributed by atoms with E-state index in [2.05, 4.69) is 22.9 Å². The van der Waals surface area contributed by atoms with Crippen LogP contribution in [0.5, 0.6) is 5.75 Å². The number of non-ortho nitro benzene ring substituents is 1. The van der Waals surface area contributed by atoms with Crippen molar-refractivity contribution in [2.45, 2.75) is 32.8 Å². The molecule has 1 rings (SSSR count). The number of nitrogens with zero attached hydrogens (tertiary/aromatic N) is 1. The monoisotopic (exact) mass is 287 g/mol. The van der Waals surface area contributed by atoms with E-state index in [1.165, 1.54) is 12.1 Å². The number of nitro benzene ring substituents is 1. The Kier molecular flexibility index (Phi) is 4.73. The molecule has 0 aliphatic rings. The summed E-state index contributed by atoms with van der Waals surface area (Å²) in [6.45, 7) is 4.02. The molecule has 0 fully saturated rings. The van der Waals surface area contributed by atoms with Gasteiger partial charge >= 0.3 is 0 Å². The van der Waals surface area contributed by atoms with Crippen LogP contribution in [0.25, 0.3) is 0 Å². The number of rotatable bonds is 5. The first kappa shape index (κ1) is 13.0. The Labute approximate surface area is 103 Å². The van der Waals surface area contributed by atoms with Gasteiger partial charge in [0.05, 0.1) is 21.6 Å². The molecule has 1 aromatic carbocycles. The van der Waals surface area contributed by atoms with Gasteiger partial charge in [0.25, 0.3) is 5.69 Å². The Morgan fingerprint density at radius 1 is 1.56 bits per heavy atom. The van der Waals surface area contributed by atoms with Crippen LogP contribution in [0.4, 0.5) is 5.69 Å². The molecule has 0 aliphatic heterocycles. The van der Waals surface area contributed by atoms with Crippen LogP contribution in [0.2, 0.25) is 0 Å². The SMILES string of the molecule is CCCC(C)Oc1cc([N+](=O)[O-])ccc1Br. The summed E-state index contributed by atoms with van der Waals surface area (Å²) < 4.78 is 6.36. The number of hydrogen-bond acceptors (Lipinski definition) is 3. The van der Waals surface area contributed by atoms with Gasteiger partial charge < -0.3 is 4.74 Å². The molecular weight excluding hydrogens is 274 g/mol. The van der Waals surface area contributed by atoms with Crippen LogP contribution in [-0.4, -0.2) is 11.0 Å². The summed E-state index contributed by atoms with van der Waals surface area (Å²) in [6, 6.07) is 4.52. The van der Waals surface area contributed by atoms with E-state index in [9.17, 15) is 10.1 Å². The van der Waals surface area contributed by atoms with E-state index in [0.29, 0.717) is 5.75 Å². The third-order valence-corrected chi connectivity index (χ3v) is 2.80. The van der Waals surface area contributed by atoms with Crippen LogP contribution >= 0.6 is 15.9 Å². The average molecular weight is 288 g/mol. The first-order valence-corrected chi connectivity index (χ1v) is 5.94. The van der Waals surface area contributed by atoms with Crippen LogP contribution < -0.4 is 4.74 Å². The maximum atomic E-state index is 10.6. The van der Waals surface area contributed by atoms with Gasteiger partial charge in [-0.15, -0.1) is 0 Å². The first-order valence-electron chi connectivity index (χ1n) is 5.15. The van der Waals surface area contributed by atoms with Gasteiger partial charge in [-0.3, -0.25) is 10.1 Å². The molecule has 4 nitrogen and oxygen atoms in total. The summed E-state index contributed by atoms with van der Waals surface area (Å²) >= 11 is 3.31. The summed E-state index contributed by atoms with van der Waals surface area (Å²) in [5.41, 5.74) is 0.0434. The fourth-order valence-corrected chi connectivity index (χ4v) is 1.72. The van der Waals surface area contributed by atoms with Gasteiger partial charge in [0.15, 0.2) is 0 Å². The number of halogens is 1. The van der Waals surface area contributed by atoms with Crippen molar-refractivity contribution < 1.29 is 9.66 Å². The number of ether oxygens (including phenoxy) is 1. The summed E-state index contributed by atoms with van der Waals surface area (Å²) in [5.74, 6) is 0.523. The fourth-order valence-electron chi connectivity index (χ4n) is 1.38. The van der Waals surface area contributed by atoms with E-state index in [1.807, 2.05) is 6.92 Å². The predicted molar refractivity (Wildman–Crippen MR) is 65.8 cm³/mol. The molecule has 0 aromatic heterocycles. The lowest BCUT2D eigenvalue weighted by molar-refractivity contribution is -0.385. The van der Waals surface area contributed by atoms with Crippen molar-refractivity contribution >= 4 is 21.6 Å². The van der Waals surface area contributed by atoms with Crippen LogP contribution in [0.1, 0.15) is 26.7 Å². The van der Waals surface area contributed by atoms with E-state index in [1.54, 1.807) is 6.07 Å². The zero-order valence-electron chi connectivity index (χ0n) is 9.27. The van der Waals surface area contributed by atoms with E-state index >= 15 is 0 Å². The lowest BCUT2D eigenvalue weighted by Crippen LogP contribution is -2.11. The zero-order chi connectivity index (χ0) is 12.1. The minimum absolute atomic E-state index is 0.0434. The van der Waals surface area contributed by atoms with Crippen LogP contribution in [0, 0.1) is 10.1 Å². The number of benzene rings is 1. The molecule has 1 atom stereocenters. The number of nitro groups is 1. The average Bonchev–Trinajstić information content (AvgIpc) is 2.21. The minimum Gasteiger partial charge on any atom is -0.489 e. The molecule has 0 N–H and O–H groups in total. The highest BCUT2D eigenvalue weighted by Gasteiger charge is 2.12. The highest BCUT2D eigenvalue weighted by atomic mass is 79.9. The molecule has 16 heavy (non-hydrogen) atoms. The molecule has 0 saturated heterocycles. The highest BCUT2D eigenvalue weighted by Crippen LogP contribution is 2.30. The second-order valence-corrected chi connectivity index (χ2v) is 4.44. The summed E-state index contributed by atoms with van der Waals surface area (Å²) in [4.78, 5) is 10.2. The third kappa shape index (κ3) is 3.48. The maximum absolute atomic E-state index is 10.6. The topological polar surface area (TPSA) is 52.4 Å².